The van der Waals surface area contributed by atoms with E-state index in [2.05, 4.69) is 10.1 Å². The van der Waals surface area contributed by atoms with Crippen LogP contribution < -0.4 is 10.1 Å². The summed E-state index contributed by atoms with van der Waals surface area (Å²) in [4.78, 5) is 2.68. The van der Waals surface area contributed by atoms with Gasteiger partial charge in [0.1, 0.15) is 0 Å². The Labute approximate surface area is 105 Å². The van der Waals surface area contributed by atoms with Crippen LogP contribution in [0, 0.1) is 0 Å². The number of hydrazine groups is 1. The van der Waals surface area contributed by atoms with Crippen molar-refractivity contribution in [2.75, 3.05) is 19.6 Å². The van der Waals surface area contributed by atoms with Crippen LogP contribution in [-0.2, 0) is 10.0 Å². The van der Waals surface area contributed by atoms with E-state index in [0.717, 1.165) is 25.9 Å². The molecule has 0 aromatic rings. The summed E-state index contributed by atoms with van der Waals surface area (Å²) < 4.78 is 24.0. The molecule has 0 spiro atoms. The van der Waals surface area contributed by atoms with Gasteiger partial charge < -0.3 is 5.32 Å². The van der Waals surface area contributed by atoms with Crippen LogP contribution in [0.3, 0.4) is 0 Å². The minimum atomic E-state index is -3.24. The lowest BCUT2D eigenvalue weighted by Gasteiger charge is -2.28. The molecule has 0 radical (unpaired) electrons. The van der Waals surface area contributed by atoms with E-state index in [1.54, 1.807) is 6.92 Å². The van der Waals surface area contributed by atoms with Gasteiger partial charge in [0.15, 0.2) is 0 Å². The highest BCUT2D eigenvalue weighted by Crippen LogP contribution is 2.08. The highest BCUT2D eigenvalue weighted by atomic mass is 32.2. The van der Waals surface area contributed by atoms with Gasteiger partial charge in [-0.2, -0.15) is 0 Å². The third kappa shape index (κ3) is 5.33. The molecule has 2 N–H and O–H groups in total. The van der Waals surface area contributed by atoms with Crippen LogP contribution >= 0.6 is 0 Å². The summed E-state index contributed by atoms with van der Waals surface area (Å²) in [5.41, 5.74) is 0. The summed E-state index contributed by atoms with van der Waals surface area (Å²) in [5, 5.41) is 4.56. The number of nitrogens with one attached hydrogen (secondary N) is 2. The molecule has 17 heavy (non-hydrogen) atoms. The summed E-state index contributed by atoms with van der Waals surface area (Å²) in [6.45, 7) is 7.89. The smallest absolute Gasteiger partial charge is 0.228 e. The van der Waals surface area contributed by atoms with Crippen molar-refractivity contribution in [1.29, 1.82) is 0 Å². The van der Waals surface area contributed by atoms with E-state index in [1.807, 2.05) is 18.9 Å². The molecular formula is C11H25N3O2S. The average Bonchev–Trinajstić information content (AvgIpc) is 2.26. The predicted molar refractivity (Wildman–Crippen MR) is 70.1 cm³/mol. The molecule has 1 aliphatic rings. The molecule has 1 atom stereocenters. The van der Waals surface area contributed by atoms with E-state index in [1.165, 1.54) is 6.42 Å². The van der Waals surface area contributed by atoms with E-state index < -0.39 is 15.3 Å². The SMILES string of the molecule is CC(C)NCC(C)S(=O)(=O)NN1CCCCC1. The third-order valence-corrected chi connectivity index (χ3v) is 4.69. The molecule has 0 bridgehead atoms. The summed E-state index contributed by atoms with van der Waals surface area (Å²) in [5.74, 6) is 0. The minimum Gasteiger partial charge on any atom is -0.313 e. The van der Waals surface area contributed by atoms with Gasteiger partial charge in [0.25, 0.3) is 0 Å². The fraction of sp³-hybridized carbons (Fsp3) is 1.00. The van der Waals surface area contributed by atoms with Crippen molar-refractivity contribution in [2.45, 2.75) is 51.3 Å². The molecule has 1 saturated heterocycles. The van der Waals surface area contributed by atoms with Crippen LogP contribution in [0.5, 0.6) is 0 Å². The Kier molecular flexibility index (Phi) is 5.85. The molecule has 1 heterocycles. The van der Waals surface area contributed by atoms with Crippen molar-refractivity contribution in [3.63, 3.8) is 0 Å². The van der Waals surface area contributed by atoms with Gasteiger partial charge in [-0.15, -0.1) is 4.83 Å². The van der Waals surface area contributed by atoms with Gasteiger partial charge in [0.2, 0.25) is 10.0 Å². The molecule has 0 aliphatic carbocycles. The number of hydrogen-bond donors (Lipinski definition) is 2. The van der Waals surface area contributed by atoms with E-state index in [4.69, 9.17) is 0 Å². The first-order valence-corrected chi connectivity index (χ1v) is 7.96. The maximum Gasteiger partial charge on any atom is 0.228 e. The van der Waals surface area contributed by atoms with Gasteiger partial charge in [-0.3, -0.25) is 0 Å². The molecule has 5 nitrogen and oxygen atoms in total. The molecule has 0 amide bonds. The number of rotatable bonds is 6. The molecule has 0 aromatic heterocycles. The second-order valence-electron chi connectivity index (χ2n) is 5.06. The molecule has 0 aromatic carbocycles. The van der Waals surface area contributed by atoms with Crippen LogP contribution in [0.25, 0.3) is 0 Å². The van der Waals surface area contributed by atoms with Gasteiger partial charge in [-0.1, -0.05) is 20.3 Å². The summed E-state index contributed by atoms with van der Waals surface area (Å²) in [6.07, 6.45) is 3.34. The van der Waals surface area contributed by atoms with Gasteiger partial charge >= 0.3 is 0 Å². The molecular weight excluding hydrogens is 238 g/mol. The Bertz CT molecular complexity index is 311. The molecule has 102 valence electrons. The quantitative estimate of drug-likeness (QED) is 0.740. The van der Waals surface area contributed by atoms with Crippen LogP contribution in [-0.4, -0.2) is 44.4 Å². The Morgan fingerprint density at radius 2 is 1.71 bits per heavy atom. The molecule has 0 saturated carbocycles. The van der Waals surface area contributed by atoms with Crippen LogP contribution in [0.2, 0.25) is 0 Å². The van der Waals surface area contributed by atoms with E-state index in [-0.39, 0.29) is 0 Å². The predicted octanol–water partition coefficient (Wildman–Crippen LogP) is 0.693. The monoisotopic (exact) mass is 263 g/mol. The second-order valence-corrected chi connectivity index (χ2v) is 7.13. The lowest BCUT2D eigenvalue weighted by atomic mass is 10.2. The van der Waals surface area contributed by atoms with Crippen molar-refractivity contribution in [2.24, 2.45) is 0 Å². The van der Waals surface area contributed by atoms with E-state index >= 15 is 0 Å². The zero-order valence-electron chi connectivity index (χ0n) is 11.1. The van der Waals surface area contributed by atoms with Crippen molar-refractivity contribution in [1.82, 2.24) is 15.2 Å². The summed E-state index contributed by atoms with van der Waals surface area (Å²) in [6, 6.07) is 0.308. The highest BCUT2D eigenvalue weighted by molar-refractivity contribution is 7.90. The lowest BCUT2D eigenvalue weighted by molar-refractivity contribution is 0.199. The van der Waals surface area contributed by atoms with E-state index in [9.17, 15) is 8.42 Å². The van der Waals surface area contributed by atoms with Crippen LogP contribution in [0.4, 0.5) is 0 Å². The van der Waals surface area contributed by atoms with Gasteiger partial charge in [0, 0.05) is 25.7 Å². The first kappa shape index (κ1) is 14.9. The maximum absolute atomic E-state index is 12.0. The highest BCUT2D eigenvalue weighted by Gasteiger charge is 2.24. The fourth-order valence-corrected chi connectivity index (χ4v) is 2.80. The van der Waals surface area contributed by atoms with Crippen LogP contribution in [0.15, 0.2) is 0 Å². The zero-order chi connectivity index (χ0) is 12.9. The van der Waals surface area contributed by atoms with Gasteiger partial charge in [-0.05, 0) is 19.8 Å². The molecule has 6 heteroatoms. The van der Waals surface area contributed by atoms with Gasteiger partial charge in [-0.25, -0.2) is 13.4 Å². The number of nitrogens with zero attached hydrogens (tertiary/aromatic N) is 1. The topological polar surface area (TPSA) is 61.4 Å². The molecule has 1 unspecified atom stereocenters. The summed E-state index contributed by atoms with van der Waals surface area (Å²) >= 11 is 0. The summed E-state index contributed by atoms with van der Waals surface area (Å²) in [7, 11) is -3.24. The second kappa shape index (κ2) is 6.68. The molecule has 1 aliphatic heterocycles. The number of piperidine rings is 1. The normalized spacial score (nSPS) is 20.7. The Morgan fingerprint density at radius 3 is 2.24 bits per heavy atom. The fourth-order valence-electron chi connectivity index (χ4n) is 1.77. The van der Waals surface area contributed by atoms with Crippen molar-refractivity contribution in [3.8, 4) is 0 Å². The maximum atomic E-state index is 12.0. The lowest BCUT2D eigenvalue weighted by Crippen LogP contribution is -2.50. The molecule has 1 fully saturated rings. The average molecular weight is 263 g/mol. The third-order valence-electron chi connectivity index (χ3n) is 2.96. The number of hydrogen-bond acceptors (Lipinski definition) is 4. The number of sulfonamides is 1. The first-order valence-electron chi connectivity index (χ1n) is 6.41. The van der Waals surface area contributed by atoms with Gasteiger partial charge in [0.05, 0.1) is 5.25 Å². The van der Waals surface area contributed by atoms with Crippen LogP contribution in [0.1, 0.15) is 40.0 Å². The largest absolute Gasteiger partial charge is 0.313 e. The first-order chi connectivity index (χ1) is 7.92. The van der Waals surface area contributed by atoms with E-state index in [0.29, 0.717) is 12.6 Å². The van der Waals surface area contributed by atoms with Crippen molar-refractivity contribution >= 4 is 10.0 Å². The Balaban J connectivity index is 2.43. The Morgan fingerprint density at radius 1 is 1.12 bits per heavy atom. The molecule has 1 rings (SSSR count). The Hall–Kier alpha value is -0.170. The zero-order valence-corrected chi connectivity index (χ0v) is 11.9. The van der Waals surface area contributed by atoms with Crippen molar-refractivity contribution in [3.05, 3.63) is 0 Å². The van der Waals surface area contributed by atoms with Crippen molar-refractivity contribution < 1.29 is 8.42 Å². The minimum absolute atomic E-state index is 0.308. The standard InChI is InChI=1S/C11H25N3O2S/c1-10(2)12-9-11(3)17(15,16)13-14-7-5-4-6-8-14/h10-13H,4-9H2,1-3H3.